The van der Waals surface area contributed by atoms with Crippen molar-refractivity contribution >= 4 is 12.4 Å². The number of rotatable bonds is 3. The summed E-state index contributed by atoms with van der Waals surface area (Å²) in [5.74, 6) is -0.409. The molecule has 1 rings (SSSR count). The van der Waals surface area contributed by atoms with Crippen molar-refractivity contribution in [1.29, 1.82) is 0 Å². The molecule has 0 fully saturated rings. The molecule has 1 aromatic rings. The summed E-state index contributed by atoms with van der Waals surface area (Å²) in [6.45, 7) is 1.82. The van der Waals surface area contributed by atoms with Gasteiger partial charge in [-0.1, -0.05) is 13.0 Å². The lowest BCUT2D eigenvalue weighted by molar-refractivity contribution is 0.140. The van der Waals surface area contributed by atoms with Crippen LogP contribution in [0.25, 0.3) is 0 Å². The van der Waals surface area contributed by atoms with E-state index in [2.05, 4.69) is 0 Å². The van der Waals surface area contributed by atoms with E-state index in [0.717, 1.165) is 0 Å². The van der Waals surface area contributed by atoms with Crippen LogP contribution in [-0.2, 0) is 0 Å². The van der Waals surface area contributed by atoms with E-state index >= 15 is 0 Å². The largest absolute Gasteiger partial charge is 0.504 e. The Balaban J connectivity index is 0.00000196. The minimum absolute atomic E-state index is 0. The number of aliphatic hydroxyl groups is 1. The highest BCUT2D eigenvalue weighted by Gasteiger charge is 2.15. The third kappa shape index (κ3) is 3.27. The van der Waals surface area contributed by atoms with Crippen molar-refractivity contribution in [1.82, 2.24) is 0 Å². The van der Waals surface area contributed by atoms with Crippen molar-refractivity contribution in [2.24, 2.45) is 5.73 Å². The van der Waals surface area contributed by atoms with Gasteiger partial charge in [0.05, 0.1) is 12.1 Å². The first kappa shape index (κ1) is 14.0. The van der Waals surface area contributed by atoms with Gasteiger partial charge in [0.1, 0.15) is 0 Å². The van der Waals surface area contributed by atoms with Crippen LogP contribution in [0.5, 0.6) is 11.5 Å². The lowest BCUT2D eigenvalue weighted by Gasteiger charge is -2.17. The molecule has 0 heterocycles. The second-order valence-electron chi connectivity index (χ2n) is 3.25. The zero-order chi connectivity index (χ0) is 10.7. The first-order chi connectivity index (χ1) is 6.56. The van der Waals surface area contributed by atoms with Crippen LogP contribution in [-0.4, -0.2) is 21.4 Å². The quantitative estimate of drug-likeness (QED) is 0.593. The number of benzene rings is 1. The molecule has 5 N–H and O–H groups in total. The molecule has 0 saturated heterocycles. The Bertz CT molecular complexity index is 320. The van der Waals surface area contributed by atoms with Crippen LogP contribution >= 0.6 is 12.4 Å². The maximum atomic E-state index is 9.47. The molecule has 4 nitrogen and oxygen atoms in total. The maximum absolute atomic E-state index is 9.47. The average Bonchev–Trinajstić information content (AvgIpc) is 2.20. The molecule has 0 unspecified atom stereocenters. The van der Waals surface area contributed by atoms with E-state index in [1.807, 2.05) is 6.92 Å². The van der Waals surface area contributed by atoms with E-state index in [4.69, 9.17) is 10.8 Å². The fraction of sp³-hybridized carbons (Fsp3) is 0.400. The van der Waals surface area contributed by atoms with Crippen molar-refractivity contribution in [3.8, 4) is 11.5 Å². The van der Waals surface area contributed by atoms with Crippen LogP contribution in [0.3, 0.4) is 0 Å². The van der Waals surface area contributed by atoms with Crippen molar-refractivity contribution in [2.75, 3.05) is 0 Å². The molecule has 0 aliphatic heterocycles. The van der Waals surface area contributed by atoms with Crippen molar-refractivity contribution in [2.45, 2.75) is 25.5 Å². The summed E-state index contributed by atoms with van der Waals surface area (Å²) in [5, 5.41) is 27.8. The van der Waals surface area contributed by atoms with Crippen LogP contribution in [0.4, 0.5) is 0 Å². The summed E-state index contributed by atoms with van der Waals surface area (Å²) in [5.41, 5.74) is 6.33. The molecule has 0 amide bonds. The van der Waals surface area contributed by atoms with E-state index < -0.39 is 12.1 Å². The number of hydrogen-bond acceptors (Lipinski definition) is 4. The number of nitrogens with two attached hydrogens (primary N) is 1. The highest BCUT2D eigenvalue weighted by Crippen LogP contribution is 2.28. The summed E-state index contributed by atoms with van der Waals surface area (Å²) in [6.07, 6.45) is -0.0954. The molecule has 2 atom stereocenters. The van der Waals surface area contributed by atoms with Gasteiger partial charge in [0.25, 0.3) is 0 Å². The van der Waals surface area contributed by atoms with Gasteiger partial charge in [0.15, 0.2) is 11.5 Å². The maximum Gasteiger partial charge on any atom is 0.157 e. The van der Waals surface area contributed by atoms with E-state index in [1.165, 1.54) is 12.1 Å². The summed E-state index contributed by atoms with van der Waals surface area (Å²) in [4.78, 5) is 0. The molecule has 0 saturated carbocycles. The predicted molar refractivity (Wildman–Crippen MR) is 60.2 cm³/mol. The number of aromatic hydroxyl groups is 2. The zero-order valence-electron chi connectivity index (χ0n) is 8.42. The van der Waals surface area contributed by atoms with Gasteiger partial charge in [-0.3, -0.25) is 0 Å². The summed E-state index contributed by atoms with van der Waals surface area (Å²) >= 11 is 0. The van der Waals surface area contributed by atoms with Crippen molar-refractivity contribution in [3.05, 3.63) is 23.8 Å². The Kier molecular flexibility index (Phi) is 5.43. The number of phenolic OH excluding ortho intramolecular Hbond substituents is 2. The van der Waals surface area contributed by atoms with Gasteiger partial charge in [-0.2, -0.15) is 0 Å². The molecular weight excluding hydrogens is 218 g/mol. The lowest BCUT2D eigenvalue weighted by Crippen LogP contribution is -2.25. The Morgan fingerprint density at radius 1 is 1.27 bits per heavy atom. The van der Waals surface area contributed by atoms with Gasteiger partial charge in [0, 0.05) is 0 Å². The van der Waals surface area contributed by atoms with Gasteiger partial charge < -0.3 is 21.1 Å². The number of halogens is 1. The standard InChI is InChI=1S/C10H15NO3.ClH/c1-2-7(12)10(11)6-3-4-8(13)9(14)5-6;/h3-5,7,10,12-14H,2,11H2,1H3;1H/t7-,10+;/m1./s1. The molecule has 0 aromatic heterocycles. The minimum atomic E-state index is -0.640. The second-order valence-corrected chi connectivity index (χ2v) is 3.25. The van der Waals surface area contributed by atoms with Gasteiger partial charge in [-0.15, -0.1) is 12.4 Å². The molecule has 15 heavy (non-hydrogen) atoms. The predicted octanol–water partition coefficient (Wildman–Crippen LogP) is 1.29. The third-order valence-electron chi connectivity index (χ3n) is 2.22. The molecule has 0 aliphatic carbocycles. The van der Waals surface area contributed by atoms with Crippen LogP contribution in [0.2, 0.25) is 0 Å². The van der Waals surface area contributed by atoms with Gasteiger partial charge in [0.2, 0.25) is 0 Å². The summed E-state index contributed by atoms with van der Waals surface area (Å²) in [6, 6.07) is 3.76. The molecule has 86 valence electrons. The molecule has 0 bridgehead atoms. The first-order valence-electron chi connectivity index (χ1n) is 4.51. The number of hydrogen-bond donors (Lipinski definition) is 4. The molecular formula is C10H16ClNO3. The first-order valence-corrected chi connectivity index (χ1v) is 4.51. The van der Waals surface area contributed by atoms with Crippen LogP contribution in [0.15, 0.2) is 18.2 Å². The highest BCUT2D eigenvalue weighted by atomic mass is 35.5. The van der Waals surface area contributed by atoms with Crippen molar-refractivity contribution < 1.29 is 15.3 Å². The smallest absolute Gasteiger partial charge is 0.157 e. The van der Waals surface area contributed by atoms with Gasteiger partial charge in [-0.25, -0.2) is 0 Å². The molecule has 1 aromatic carbocycles. The molecule has 0 aliphatic rings. The van der Waals surface area contributed by atoms with Crippen molar-refractivity contribution in [3.63, 3.8) is 0 Å². The van der Waals surface area contributed by atoms with E-state index in [9.17, 15) is 10.2 Å². The Labute approximate surface area is 94.8 Å². The lowest BCUT2D eigenvalue weighted by atomic mass is 10.0. The Hall–Kier alpha value is -0.970. The van der Waals surface area contributed by atoms with Gasteiger partial charge >= 0.3 is 0 Å². The third-order valence-corrected chi connectivity index (χ3v) is 2.22. The fourth-order valence-corrected chi connectivity index (χ4v) is 1.22. The second kappa shape index (κ2) is 5.80. The number of phenols is 2. The van der Waals surface area contributed by atoms with E-state index in [0.29, 0.717) is 12.0 Å². The fourth-order valence-electron chi connectivity index (χ4n) is 1.22. The van der Waals surface area contributed by atoms with Crippen LogP contribution in [0.1, 0.15) is 24.9 Å². The summed E-state index contributed by atoms with van der Waals surface area (Å²) in [7, 11) is 0. The highest BCUT2D eigenvalue weighted by molar-refractivity contribution is 5.85. The molecule has 0 radical (unpaired) electrons. The Morgan fingerprint density at radius 3 is 2.33 bits per heavy atom. The average molecular weight is 234 g/mol. The minimum Gasteiger partial charge on any atom is -0.504 e. The Morgan fingerprint density at radius 2 is 1.87 bits per heavy atom. The molecule has 5 heteroatoms. The monoisotopic (exact) mass is 233 g/mol. The van der Waals surface area contributed by atoms with Gasteiger partial charge in [-0.05, 0) is 24.1 Å². The summed E-state index contributed by atoms with van der Waals surface area (Å²) < 4.78 is 0. The van der Waals surface area contributed by atoms with E-state index in [-0.39, 0.29) is 23.9 Å². The zero-order valence-corrected chi connectivity index (χ0v) is 9.24. The normalized spacial score (nSPS) is 14.1. The van der Waals surface area contributed by atoms with E-state index in [1.54, 1.807) is 6.07 Å². The van der Waals surface area contributed by atoms with Crippen LogP contribution in [0, 0.1) is 0 Å². The SMILES string of the molecule is CC[C@@H](O)[C@@H](N)c1ccc(O)c(O)c1.Cl. The van der Waals surface area contributed by atoms with Crippen LogP contribution < -0.4 is 5.73 Å². The molecule has 0 spiro atoms. The number of aliphatic hydroxyl groups excluding tert-OH is 1. The topological polar surface area (TPSA) is 86.7 Å².